The maximum Gasteiger partial charge on any atom is 0.271 e. The molecule has 1 rings (SSSR count). The summed E-state index contributed by atoms with van der Waals surface area (Å²) in [4.78, 5) is 20.9. The minimum absolute atomic E-state index is 0.146. The molecule has 0 saturated carbocycles. The Morgan fingerprint density at radius 2 is 2.07 bits per heavy atom. The van der Waals surface area contributed by atoms with Crippen molar-refractivity contribution in [3.63, 3.8) is 0 Å². The quantitative estimate of drug-likeness (QED) is 0.349. The number of alkyl halides is 1. The average Bonchev–Trinajstić information content (AvgIpc) is 2.15. The monoisotopic (exact) mass is 233 g/mol. The van der Waals surface area contributed by atoms with E-state index in [1.165, 1.54) is 12.1 Å². The number of carbonyl (C=O) groups excluding carboxylic acids is 1. The smallest absolute Gasteiger partial charge is 0.271 e. The molecule has 0 aliphatic rings. The molecule has 0 aliphatic carbocycles. The standard InChI is InChI=1S/C8H5Cl2NO3/c9-4-8(12)5-1-6(10)3-7(2-5)11(13)14/h1-3H,4H2. The van der Waals surface area contributed by atoms with E-state index in [0.717, 1.165) is 6.07 Å². The maximum atomic E-state index is 11.1. The molecule has 0 N–H and O–H groups in total. The zero-order valence-corrected chi connectivity index (χ0v) is 8.38. The molecule has 0 amide bonds. The second-order valence-corrected chi connectivity index (χ2v) is 3.22. The van der Waals surface area contributed by atoms with Crippen LogP contribution in [0.3, 0.4) is 0 Å². The predicted octanol–water partition coefficient (Wildman–Crippen LogP) is 2.67. The Kier molecular flexibility index (Phi) is 3.43. The molecule has 14 heavy (non-hydrogen) atoms. The van der Waals surface area contributed by atoms with Crippen molar-refractivity contribution in [2.45, 2.75) is 0 Å². The maximum absolute atomic E-state index is 11.1. The van der Waals surface area contributed by atoms with Crippen LogP contribution in [-0.4, -0.2) is 16.6 Å². The highest BCUT2D eigenvalue weighted by Crippen LogP contribution is 2.21. The first kappa shape index (κ1) is 10.9. The summed E-state index contributed by atoms with van der Waals surface area (Å²) in [5, 5.41) is 10.6. The number of non-ortho nitro benzene ring substituents is 1. The average molecular weight is 234 g/mol. The molecule has 0 bridgehead atoms. The van der Waals surface area contributed by atoms with Crippen molar-refractivity contribution in [3.05, 3.63) is 38.9 Å². The third-order valence-corrected chi connectivity index (χ3v) is 2.00. The van der Waals surface area contributed by atoms with Gasteiger partial charge in [-0.15, -0.1) is 11.6 Å². The number of ketones is 1. The number of hydrogen-bond acceptors (Lipinski definition) is 3. The Labute approximate surface area is 89.6 Å². The van der Waals surface area contributed by atoms with Gasteiger partial charge in [0, 0.05) is 22.7 Å². The van der Waals surface area contributed by atoms with Crippen LogP contribution in [0.5, 0.6) is 0 Å². The normalized spacial score (nSPS) is 9.86. The highest BCUT2D eigenvalue weighted by molar-refractivity contribution is 6.33. The van der Waals surface area contributed by atoms with Gasteiger partial charge in [-0.05, 0) is 6.07 Å². The Morgan fingerprint density at radius 1 is 1.43 bits per heavy atom. The van der Waals surface area contributed by atoms with E-state index in [1.54, 1.807) is 0 Å². The molecule has 0 radical (unpaired) electrons. The number of rotatable bonds is 3. The zero-order valence-electron chi connectivity index (χ0n) is 6.87. The van der Waals surface area contributed by atoms with Gasteiger partial charge in [-0.1, -0.05) is 11.6 Å². The van der Waals surface area contributed by atoms with E-state index in [4.69, 9.17) is 23.2 Å². The summed E-state index contributed by atoms with van der Waals surface area (Å²) in [5.41, 5.74) is -0.0647. The van der Waals surface area contributed by atoms with Gasteiger partial charge in [0.2, 0.25) is 0 Å². The predicted molar refractivity (Wildman–Crippen MR) is 53.2 cm³/mol. The number of nitro benzene ring substituents is 1. The van der Waals surface area contributed by atoms with E-state index in [9.17, 15) is 14.9 Å². The molecule has 4 nitrogen and oxygen atoms in total. The number of nitrogens with zero attached hydrogens (tertiary/aromatic N) is 1. The highest BCUT2D eigenvalue weighted by Gasteiger charge is 2.12. The number of halogens is 2. The van der Waals surface area contributed by atoms with Crippen LogP contribution in [0, 0.1) is 10.1 Å². The number of nitro groups is 1. The Bertz CT molecular complexity index is 392. The Balaban J connectivity index is 3.20. The van der Waals surface area contributed by atoms with E-state index >= 15 is 0 Å². The van der Waals surface area contributed by atoms with Crippen LogP contribution in [-0.2, 0) is 0 Å². The van der Waals surface area contributed by atoms with Crippen molar-refractivity contribution in [3.8, 4) is 0 Å². The summed E-state index contributed by atoms with van der Waals surface area (Å²) in [6.07, 6.45) is 0. The van der Waals surface area contributed by atoms with Crippen LogP contribution in [0.4, 0.5) is 5.69 Å². The van der Waals surface area contributed by atoms with Gasteiger partial charge in [-0.2, -0.15) is 0 Å². The lowest BCUT2D eigenvalue weighted by molar-refractivity contribution is -0.384. The van der Waals surface area contributed by atoms with Crippen LogP contribution < -0.4 is 0 Å². The molecule has 0 aliphatic heterocycles. The first-order valence-corrected chi connectivity index (χ1v) is 4.50. The van der Waals surface area contributed by atoms with E-state index in [-0.39, 0.29) is 22.2 Å². The third kappa shape index (κ3) is 2.43. The largest absolute Gasteiger partial charge is 0.293 e. The molecular weight excluding hydrogens is 229 g/mol. The summed E-state index contributed by atoms with van der Waals surface area (Å²) in [6.45, 7) is 0. The Morgan fingerprint density at radius 3 is 2.57 bits per heavy atom. The summed E-state index contributed by atoms with van der Waals surface area (Å²) < 4.78 is 0. The molecule has 0 spiro atoms. The van der Waals surface area contributed by atoms with Crippen LogP contribution in [0.2, 0.25) is 5.02 Å². The first-order valence-electron chi connectivity index (χ1n) is 3.58. The zero-order chi connectivity index (χ0) is 10.7. The van der Waals surface area contributed by atoms with Gasteiger partial charge in [0.25, 0.3) is 5.69 Å². The van der Waals surface area contributed by atoms with Crippen LogP contribution >= 0.6 is 23.2 Å². The van der Waals surface area contributed by atoms with Gasteiger partial charge in [0.15, 0.2) is 5.78 Å². The van der Waals surface area contributed by atoms with Gasteiger partial charge in [-0.25, -0.2) is 0 Å². The molecule has 0 atom stereocenters. The summed E-state index contributed by atoms with van der Waals surface area (Å²) >= 11 is 10.9. The molecule has 0 fully saturated rings. The minimum Gasteiger partial charge on any atom is -0.293 e. The fourth-order valence-corrected chi connectivity index (χ4v) is 1.30. The number of carbonyl (C=O) groups is 1. The van der Waals surface area contributed by atoms with E-state index in [1.807, 2.05) is 0 Å². The molecule has 0 heterocycles. The molecule has 1 aromatic carbocycles. The van der Waals surface area contributed by atoms with E-state index in [2.05, 4.69) is 0 Å². The lowest BCUT2D eigenvalue weighted by atomic mass is 10.1. The van der Waals surface area contributed by atoms with Crippen LogP contribution in [0.1, 0.15) is 10.4 Å². The number of Topliss-reactive ketones (excluding diaryl/α,β-unsaturated/α-hetero) is 1. The lowest BCUT2D eigenvalue weighted by Crippen LogP contribution is -2.01. The van der Waals surface area contributed by atoms with E-state index in [0.29, 0.717) is 0 Å². The molecule has 6 heteroatoms. The highest BCUT2D eigenvalue weighted by atomic mass is 35.5. The molecule has 74 valence electrons. The van der Waals surface area contributed by atoms with Crippen LogP contribution in [0.15, 0.2) is 18.2 Å². The fourth-order valence-electron chi connectivity index (χ4n) is 0.918. The van der Waals surface area contributed by atoms with Gasteiger partial charge in [0.1, 0.15) is 0 Å². The minimum atomic E-state index is -0.614. The second kappa shape index (κ2) is 4.39. The van der Waals surface area contributed by atoms with E-state index < -0.39 is 10.7 Å². The van der Waals surface area contributed by atoms with Crippen molar-refractivity contribution in [1.29, 1.82) is 0 Å². The SMILES string of the molecule is O=C(CCl)c1cc(Cl)cc([N+](=O)[O-])c1. The summed E-state index contributed by atoms with van der Waals surface area (Å²) in [5.74, 6) is -0.616. The van der Waals surface area contributed by atoms with Crippen molar-refractivity contribution < 1.29 is 9.72 Å². The Hall–Kier alpha value is -1.13. The molecular formula is C8H5Cl2NO3. The lowest BCUT2D eigenvalue weighted by Gasteiger charge is -1.98. The fraction of sp³-hybridized carbons (Fsp3) is 0.125. The topological polar surface area (TPSA) is 60.2 Å². The number of benzene rings is 1. The van der Waals surface area contributed by atoms with Crippen LogP contribution in [0.25, 0.3) is 0 Å². The summed E-state index contributed by atoms with van der Waals surface area (Å²) in [7, 11) is 0. The van der Waals surface area contributed by atoms with Crippen molar-refractivity contribution in [2.24, 2.45) is 0 Å². The van der Waals surface area contributed by atoms with Crippen molar-refractivity contribution in [2.75, 3.05) is 5.88 Å². The van der Waals surface area contributed by atoms with Gasteiger partial charge in [-0.3, -0.25) is 14.9 Å². The molecule has 1 aromatic rings. The van der Waals surface area contributed by atoms with Gasteiger partial charge in [0.05, 0.1) is 10.8 Å². The number of hydrogen-bond donors (Lipinski definition) is 0. The van der Waals surface area contributed by atoms with Gasteiger partial charge < -0.3 is 0 Å². The second-order valence-electron chi connectivity index (χ2n) is 2.51. The summed E-state index contributed by atoms with van der Waals surface area (Å²) in [6, 6.07) is 3.67. The molecule has 0 unspecified atom stereocenters. The third-order valence-electron chi connectivity index (χ3n) is 1.54. The van der Waals surface area contributed by atoms with Crippen molar-refractivity contribution >= 4 is 34.7 Å². The first-order chi connectivity index (χ1) is 6.54. The van der Waals surface area contributed by atoms with Crippen molar-refractivity contribution in [1.82, 2.24) is 0 Å². The molecule has 0 aromatic heterocycles. The van der Waals surface area contributed by atoms with Gasteiger partial charge >= 0.3 is 0 Å². The molecule has 0 saturated heterocycles.